The summed E-state index contributed by atoms with van der Waals surface area (Å²) in [5.74, 6) is -0.804. The summed E-state index contributed by atoms with van der Waals surface area (Å²) in [6, 6.07) is 13.4. The number of benzene rings is 2. The van der Waals surface area contributed by atoms with Crippen LogP contribution in [-0.4, -0.2) is 23.3 Å². The Morgan fingerprint density at radius 1 is 1.19 bits per heavy atom. The van der Waals surface area contributed by atoms with Gasteiger partial charge in [-0.25, -0.2) is 0 Å². The van der Waals surface area contributed by atoms with Crippen molar-refractivity contribution in [2.45, 2.75) is 19.8 Å². The predicted molar refractivity (Wildman–Crippen MR) is 98.0 cm³/mol. The molecule has 3 rings (SSSR count). The number of hydrogen-bond acceptors (Lipinski definition) is 4. The van der Waals surface area contributed by atoms with E-state index >= 15 is 0 Å². The molecule has 0 aliphatic carbocycles. The highest BCUT2D eigenvalue weighted by molar-refractivity contribution is 6.03. The lowest BCUT2D eigenvalue weighted by molar-refractivity contribution is -0.384. The van der Waals surface area contributed by atoms with Gasteiger partial charge in [0.1, 0.15) is 0 Å². The molecule has 1 fully saturated rings. The molecule has 1 saturated heterocycles. The average Bonchev–Trinajstić information content (AvgIpc) is 3.04. The van der Waals surface area contributed by atoms with Gasteiger partial charge in [-0.1, -0.05) is 19.1 Å². The van der Waals surface area contributed by atoms with Crippen LogP contribution in [0.15, 0.2) is 48.5 Å². The van der Waals surface area contributed by atoms with Crippen LogP contribution >= 0.6 is 0 Å². The van der Waals surface area contributed by atoms with Crippen molar-refractivity contribution in [1.29, 1.82) is 0 Å². The van der Waals surface area contributed by atoms with Gasteiger partial charge in [0.2, 0.25) is 11.8 Å². The van der Waals surface area contributed by atoms with E-state index in [4.69, 9.17) is 0 Å². The molecular formula is C19H19N3O4. The van der Waals surface area contributed by atoms with E-state index < -0.39 is 10.8 Å². The summed E-state index contributed by atoms with van der Waals surface area (Å²) in [6.07, 6.45) is 1.07. The standard InChI is InChI=1S/C19H19N3O4/c1-2-13-3-7-16(8-4-13)21-12-14(11-18(21)23)19(24)20-15-5-9-17(10-6-15)22(25)26/h3-10,14H,2,11-12H2,1H3,(H,20,24)/t14-/m1/s1. The first-order valence-corrected chi connectivity index (χ1v) is 8.42. The van der Waals surface area contributed by atoms with E-state index in [0.717, 1.165) is 12.1 Å². The number of carbonyl (C=O) groups is 2. The van der Waals surface area contributed by atoms with Crippen molar-refractivity contribution in [2.75, 3.05) is 16.8 Å². The summed E-state index contributed by atoms with van der Waals surface area (Å²) in [5.41, 5.74) is 2.41. The van der Waals surface area contributed by atoms with Crippen molar-refractivity contribution in [1.82, 2.24) is 0 Å². The van der Waals surface area contributed by atoms with Gasteiger partial charge in [-0.3, -0.25) is 19.7 Å². The molecule has 0 bridgehead atoms. The fraction of sp³-hybridized carbons (Fsp3) is 0.263. The van der Waals surface area contributed by atoms with Crippen LogP contribution in [0.25, 0.3) is 0 Å². The fourth-order valence-electron chi connectivity index (χ4n) is 2.96. The van der Waals surface area contributed by atoms with Gasteiger partial charge in [-0.2, -0.15) is 0 Å². The summed E-state index contributed by atoms with van der Waals surface area (Å²) in [5, 5.41) is 13.4. The Balaban J connectivity index is 1.65. The molecule has 2 amide bonds. The minimum atomic E-state index is -0.497. The number of nitrogens with zero attached hydrogens (tertiary/aromatic N) is 2. The van der Waals surface area contributed by atoms with Gasteiger partial charge in [-0.05, 0) is 36.2 Å². The number of hydrogen-bond donors (Lipinski definition) is 1. The van der Waals surface area contributed by atoms with Crippen molar-refractivity contribution in [3.63, 3.8) is 0 Å². The lowest BCUT2D eigenvalue weighted by Gasteiger charge is -2.17. The summed E-state index contributed by atoms with van der Waals surface area (Å²) in [7, 11) is 0. The first-order valence-electron chi connectivity index (χ1n) is 8.42. The van der Waals surface area contributed by atoms with E-state index in [9.17, 15) is 19.7 Å². The minimum Gasteiger partial charge on any atom is -0.326 e. The molecule has 7 nitrogen and oxygen atoms in total. The topological polar surface area (TPSA) is 92.6 Å². The molecule has 7 heteroatoms. The van der Waals surface area contributed by atoms with Crippen LogP contribution in [0.2, 0.25) is 0 Å². The number of nitro benzene ring substituents is 1. The van der Waals surface area contributed by atoms with Crippen LogP contribution in [0.4, 0.5) is 17.1 Å². The molecule has 1 aliphatic heterocycles. The molecule has 0 unspecified atom stereocenters. The second-order valence-electron chi connectivity index (χ2n) is 6.22. The number of anilines is 2. The lowest BCUT2D eigenvalue weighted by atomic mass is 10.1. The maximum absolute atomic E-state index is 12.4. The van der Waals surface area contributed by atoms with Gasteiger partial charge < -0.3 is 10.2 Å². The summed E-state index contributed by atoms with van der Waals surface area (Å²) in [4.78, 5) is 36.5. The van der Waals surface area contributed by atoms with Crippen molar-refractivity contribution >= 4 is 28.9 Å². The molecule has 1 heterocycles. The fourth-order valence-corrected chi connectivity index (χ4v) is 2.96. The quantitative estimate of drug-likeness (QED) is 0.660. The molecule has 1 N–H and O–H groups in total. The average molecular weight is 353 g/mol. The number of non-ortho nitro benzene ring substituents is 1. The molecule has 0 saturated carbocycles. The molecule has 0 radical (unpaired) electrons. The Kier molecular flexibility index (Phi) is 4.97. The smallest absolute Gasteiger partial charge is 0.269 e. The minimum absolute atomic E-state index is 0.0410. The van der Waals surface area contributed by atoms with Gasteiger partial charge in [0.05, 0.1) is 10.8 Å². The van der Waals surface area contributed by atoms with Crippen LogP contribution < -0.4 is 10.2 Å². The number of carbonyl (C=O) groups excluding carboxylic acids is 2. The van der Waals surface area contributed by atoms with Gasteiger partial charge in [0.25, 0.3) is 5.69 Å². The molecule has 26 heavy (non-hydrogen) atoms. The third-order valence-electron chi connectivity index (χ3n) is 4.50. The van der Waals surface area contributed by atoms with Gasteiger partial charge >= 0.3 is 0 Å². The van der Waals surface area contributed by atoms with Crippen molar-refractivity contribution in [3.05, 3.63) is 64.2 Å². The van der Waals surface area contributed by atoms with Crippen LogP contribution in [-0.2, 0) is 16.0 Å². The van der Waals surface area contributed by atoms with Gasteiger partial charge in [0, 0.05) is 36.5 Å². The number of rotatable bonds is 5. The Hall–Kier alpha value is -3.22. The molecular weight excluding hydrogens is 334 g/mol. The summed E-state index contributed by atoms with van der Waals surface area (Å²) >= 11 is 0. The van der Waals surface area contributed by atoms with Crippen LogP contribution in [0, 0.1) is 16.0 Å². The zero-order chi connectivity index (χ0) is 18.7. The number of nitrogens with one attached hydrogen (secondary N) is 1. The summed E-state index contributed by atoms with van der Waals surface area (Å²) < 4.78 is 0. The molecule has 134 valence electrons. The molecule has 2 aromatic carbocycles. The van der Waals surface area contributed by atoms with E-state index in [2.05, 4.69) is 12.2 Å². The first-order chi connectivity index (χ1) is 12.5. The second-order valence-corrected chi connectivity index (χ2v) is 6.22. The van der Waals surface area contributed by atoms with Crippen molar-refractivity contribution in [2.24, 2.45) is 5.92 Å². The Morgan fingerprint density at radius 2 is 1.85 bits per heavy atom. The third kappa shape index (κ3) is 3.72. The molecule has 1 aliphatic rings. The molecule has 0 aromatic heterocycles. The predicted octanol–water partition coefficient (Wildman–Crippen LogP) is 3.15. The highest BCUT2D eigenvalue weighted by atomic mass is 16.6. The Bertz CT molecular complexity index is 831. The molecule has 0 spiro atoms. The molecule has 2 aromatic rings. The SMILES string of the molecule is CCc1ccc(N2C[C@H](C(=O)Nc3ccc([N+](=O)[O-])cc3)CC2=O)cc1. The first kappa shape index (κ1) is 17.6. The normalized spacial score (nSPS) is 16.6. The lowest BCUT2D eigenvalue weighted by Crippen LogP contribution is -2.28. The second kappa shape index (κ2) is 7.35. The zero-order valence-electron chi connectivity index (χ0n) is 14.3. The summed E-state index contributed by atoms with van der Waals surface area (Å²) in [6.45, 7) is 2.39. The number of nitro groups is 1. The van der Waals surface area contributed by atoms with Gasteiger partial charge in [-0.15, -0.1) is 0 Å². The van der Waals surface area contributed by atoms with Crippen LogP contribution in [0.3, 0.4) is 0 Å². The highest BCUT2D eigenvalue weighted by Gasteiger charge is 2.35. The van der Waals surface area contributed by atoms with E-state index in [1.807, 2.05) is 24.3 Å². The van der Waals surface area contributed by atoms with E-state index in [0.29, 0.717) is 12.2 Å². The van der Waals surface area contributed by atoms with Crippen molar-refractivity contribution < 1.29 is 14.5 Å². The number of amides is 2. The van der Waals surface area contributed by atoms with E-state index in [-0.39, 0.29) is 23.9 Å². The third-order valence-corrected chi connectivity index (χ3v) is 4.50. The largest absolute Gasteiger partial charge is 0.326 e. The van der Waals surface area contributed by atoms with Crippen LogP contribution in [0.1, 0.15) is 18.9 Å². The Morgan fingerprint density at radius 3 is 2.42 bits per heavy atom. The number of aryl methyl sites for hydroxylation is 1. The van der Waals surface area contributed by atoms with E-state index in [1.165, 1.54) is 29.8 Å². The highest BCUT2D eigenvalue weighted by Crippen LogP contribution is 2.26. The van der Waals surface area contributed by atoms with Gasteiger partial charge in [0.15, 0.2) is 0 Å². The van der Waals surface area contributed by atoms with Crippen molar-refractivity contribution in [3.8, 4) is 0 Å². The van der Waals surface area contributed by atoms with E-state index in [1.54, 1.807) is 4.90 Å². The zero-order valence-corrected chi connectivity index (χ0v) is 14.3. The molecule has 1 atom stereocenters. The monoisotopic (exact) mass is 353 g/mol. The maximum atomic E-state index is 12.4. The Labute approximate surface area is 150 Å². The van der Waals surface area contributed by atoms with Crippen LogP contribution in [0.5, 0.6) is 0 Å². The maximum Gasteiger partial charge on any atom is 0.269 e.